The van der Waals surface area contributed by atoms with Gasteiger partial charge in [0.05, 0.1) is 32.1 Å². The molecule has 1 amide bonds. The molecule has 0 bridgehead atoms. The van der Waals surface area contributed by atoms with Crippen molar-refractivity contribution in [2.24, 2.45) is 17.4 Å². The molecule has 1 atom stereocenters. The van der Waals surface area contributed by atoms with Gasteiger partial charge in [0.25, 0.3) is 0 Å². The molecule has 2 aliphatic heterocycles. The molecule has 0 aromatic rings. The topological polar surface area (TPSA) is 103 Å². The summed E-state index contributed by atoms with van der Waals surface area (Å²) in [5.41, 5.74) is 14.8. The number of carbonyl (C=O) groups is 1. The van der Waals surface area contributed by atoms with Crippen LogP contribution in [0.15, 0.2) is 35.3 Å². The third kappa shape index (κ3) is 8.20. The molecule has 2 fully saturated rings. The van der Waals surface area contributed by atoms with Crippen LogP contribution in [0.5, 0.6) is 0 Å². The molecule has 8 nitrogen and oxygen atoms in total. The highest BCUT2D eigenvalue weighted by Gasteiger charge is 2.27. The lowest BCUT2D eigenvalue weighted by Gasteiger charge is -2.39. The molecule has 2 rings (SSSR count). The van der Waals surface area contributed by atoms with Crippen molar-refractivity contribution >= 4 is 5.91 Å². The molecular formula is C23H40N4O4. The van der Waals surface area contributed by atoms with E-state index >= 15 is 0 Å². The van der Waals surface area contributed by atoms with Crippen molar-refractivity contribution in [3.05, 3.63) is 35.3 Å². The van der Waals surface area contributed by atoms with Crippen molar-refractivity contribution in [2.45, 2.75) is 32.1 Å². The van der Waals surface area contributed by atoms with Gasteiger partial charge in [0, 0.05) is 64.3 Å². The number of ether oxygens (including phenoxy) is 3. The maximum absolute atomic E-state index is 12.2. The highest BCUT2D eigenvalue weighted by atomic mass is 16.5. The van der Waals surface area contributed by atoms with E-state index in [-0.39, 0.29) is 0 Å². The fourth-order valence-corrected chi connectivity index (χ4v) is 4.19. The minimum absolute atomic E-state index is 0.290. The van der Waals surface area contributed by atoms with Gasteiger partial charge in [-0.1, -0.05) is 0 Å². The van der Waals surface area contributed by atoms with Crippen molar-refractivity contribution in [1.82, 2.24) is 9.80 Å². The lowest BCUT2D eigenvalue weighted by atomic mass is 9.94. The lowest BCUT2D eigenvalue weighted by Crippen LogP contribution is -2.44. The summed E-state index contributed by atoms with van der Waals surface area (Å²) < 4.78 is 15.8. The zero-order chi connectivity index (χ0) is 22.5. The van der Waals surface area contributed by atoms with Crippen LogP contribution in [0.3, 0.4) is 0 Å². The Morgan fingerprint density at radius 2 is 1.94 bits per heavy atom. The average molecular weight is 437 g/mol. The fraction of sp³-hybridized carbons (Fsp3) is 0.696. The Morgan fingerprint density at radius 3 is 2.65 bits per heavy atom. The minimum atomic E-state index is 0.290. The van der Waals surface area contributed by atoms with Crippen LogP contribution in [0.4, 0.5) is 0 Å². The number of amides is 1. The SMILES string of the molecule is COC\C=C(N)/C(=C\COCCOC)C(=C\N)/N1CCCC(CN2CCCCC2=O)C1. The van der Waals surface area contributed by atoms with Gasteiger partial charge >= 0.3 is 0 Å². The van der Waals surface area contributed by atoms with Gasteiger partial charge in [-0.05, 0) is 43.8 Å². The number of likely N-dealkylation sites (tertiary alicyclic amines) is 2. The molecule has 0 saturated carbocycles. The van der Waals surface area contributed by atoms with E-state index in [0.717, 1.165) is 63.1 Å². The Bertz CT molecular complexity index is 647. The first-order valence-electron chi connectivity index (χ1n) is 11.3. The summed E-state index contributed by atoms with van der Waals surface area (Å²) in [6, 6.07) is 0. The normalized spacial score (nSPS) is 21.7. The van der Waals surface area contributed by atoms with E-state index in [4.69, 9.17) is 25.7 Å². The van der Waals surface area contributed by atoms with Crippen LogP contribution < -0.4 is 11.5 Å². The second kappa shape index (κ2) is 14.1. The number of piperidine rings is 2. The number of nitrogens with zero attached hydrogens (tertiary/aromatic N) is 2. The van der Waals surface area contributed by atoms with Crippen LogP contribution in [0.1, 0.15) is 32.1 Å². The summed E-state index contributed by atoms with van der Waals surface area (Å²) in [7, 11) is 3.29. The molecule has 2 heterocycles. The summed E-state index contributed by atoms with van der Waals surface area (Å²) in [4.78, 5) is 16.6. The third-order valence-corrected chi connectivity index (χ3v) is 5.81. The van der Waals surface area contributed by atoms with E-state index in [1.165, 1.54) is 0 Å². The number of hydrogen-bond donors (Lipinski definition) is 2. The van der Waals surface area contributed by atoms with Crippen LogP contribution in [-0.2, 0) is 19.0 Å². The average Bonchev–Trinajstić information content (AvgIpc) is 2.78. The van der Waals surface area contributed by atoms with E-state index in [1.807, 2.05) is 17.1 Å². The molecule has 0 radical (unpaired) electrons. The van der Waals surface area contributed by atoms with Gasteiger partial charge in [-0.2, -0.15) is 0 Å². The standard InChI is InChI=1S/C23H40N4O4/c1-29-12-9-21(25)20(8-13-31-15-14-30-2)22(16-24)26-11-5-6-19(17-26)18-27-10-4-3-7-23(27)28/h8-9,16,19H,3-7,10-15,17-18,24-25H2,1-2H3/b20-8+,21-9+,22-16+. The zero-order valence-electron chi connectivity index (χ0n) is 19.2. The molecule has 31 heavy (non-hydrogen) atoms. The first kappa shape index (κ1) is 25.2. The second-order valence-corrected chi connectivity index (χ2v) is 8.10. The van der Waals surface area contributed by atoms with E-state index in [0.29, 0.717) is 50.4 Å². The van der Waals surface area contributed by atoms with Crippen LogP contribution in [0.2, 0.25) is 0 Å². The van der Waals surface area contributed by atoms with Crippen LogP contribution in [0, 0.1) is 5.92 Å². The molecule has 1 unspecified atom stereocenters. The Kier molecular flexibility index (Phi) is 11.5. The molecule has 8 heteroatoms. The first-order chi connectivity index (χ1) is 15.1. The Balaban J connectivity index is 2.09. The fourth-order valence-electron chi connectivity index (χ4n) is 4.19. The highest BCUT2D eigenvalue weighted by molar-refractivity contribution is 5.76. The number of methoxy groups -OCH3 is 2. The van der Waals surface area contributed by atoms with E-state index in [1.54, 1.807) is 20.4 Å². The van der Waals surface area contributed by atoms with Gasteiger partial charge in [-0.25, -0.2) is 0 Å². The Morgan fingerprint density at radius 1 is 1.10 bits per heavy atom. The van der Waals surface area contributed by atoms with E-state index < -0.39 is 0 Å². The predicted octanol–water partition coefficient (Wildman–Crippen LogP) is 1.59. The number of nitrogens with two attached hydrogens (primary N) is 2. The zero-order valence-corrected chi connectivity index (χ0v) is 19.2. The summed E-state index contributed by atoms with van der Waals surface area (Å²) >= 11 is 0. The lowest BCUT2D eigenvalue weighted by molar-refractivity contribution is -0.134. The van der Waals surface area contributed by atoms with E-state index in [2.05, 4.69) is 4.90 Å². The summed E-state index contributed by atoms with van der Waals surface area (Å²) in [6.07, 6.45) is 10.4. The maximum Gasteiger partial charge on any atom is 0.222 e. The number of hydrogen-bond acceptors (Lipinski definition) is 7. The van der Waals surface area contributed by atoms with E-state index in [9.17, 15) is 4.79 Å². The maximum atomic E-state index is 12.2. The van der Waals surface area contributed by atoms with Crippen LogP contribution >= 0.6 is 0 Å². The van der Waals surface area contributed by atoms with Crippen LogP contribution in [-0.4, -0.2) is 82.5 Å². The van der Waals surface area contributed by atoms with Crippen molar-refractivity contribution in [3.63, 3.8) is 0 Å². The number of rotatable bonds is 12. The molecule has 176 valence electrons. The number of carbonyl (C=O) groups excluding carboxylic acids is 1. The molecule has 4 N–H and O–H groups in total. The second-order valence-electron chi connectivity index (χ2n) is 8.10. The Hall–Kier alpha value is -2.03. The van der Waals surface area contributed by atoms with Gasteiger partial charge in [-0.15, -0.1) is 0 Å². The van der Waals surface area contributed by atoms with Crippen molar-refractivity contribution < 1.29 is 19.0 Å². The smallest absolute Gasteiger partial charge is 0.222 e. The molecule has 0 spiro atoms. The van der Waals surface area contributed by atoms with Gasteiger partial charge in [0.1, 0.15) is 0 Å². The first-order valence-corrected chi connectivity index (χ1v) is 11.3. The van der Waals surface area contributed by atoms with Crippen molar-refractivity contribution in [1.29, 1.82) is 0 Å². The molecule has 2 saturated heterocycles. The van der Waals surface area contributed by atoms with Gasteiger partial charge < -0.3 is 35.5 Å². The summed E-state index contributed by atoms with van der Waals surface area (Å²) in [5.74, 6) is 0.715. The molecule has 0 aromatic carbocycles. The highest BCUT2D eigenvalue weighted by Crippen LogP contribution is 2.27. The van der Waals surface area contributed by atoms with Gasteiger partial charge in [0.2, 0.25) is 5.91 Å². The molecule has 0 aliphatic carbocycles. The summed E-state index contributed by atoms with van der Waals surface area (Å²) in [5, 5.41) is 0. The van der Waals surface area contributed by atoms with Crippen LogP contribution in [0.25, 0.3) is 0 Å². The summed E-state index contributed by atoms with van der Waals surface area (Å²) in [6.45, 7) is 5.36. The largest absolute Gasteiger partial charge is 0.403 e. The molecule has 2 aliphatic rings. The molecular weight excluding hydrogens is 396 g/mol. The predicted molar refractivity (Wildman–Crippen MR) is 122 cm³/mol. The van der Waals surface area contributed by atoms with Crippen molar-refractivity contribution in [2.75, 3.05) is 66.8 Å². The monoisotopic (exact) mass is 436 g/mol. The van der Waals surface area contributed by atoms with Gasteiger partial charge in [0.15, 0.2) is 0 Å². The third-order valence-electron chi connectivity index (χ3n) is 5.81. The quantitative estimate of drug-likeness (QED) is 0.354. The van der Waals surface area contributed by atoms with Crippen molar-refractivity contribution in [3.8, 4) is 0 Å². The minimum Gasteiger partial charge on any atom is -0.403 e. The van der Waals surface area contributed by atoms with Gasteiger partial charge in [-0.3, -0.25) is 4.79 Å². The Labute approximate surface area is 186 Å². The molecule has 0 aromatic heterocycles.